The molecule has 0 unspecified atom stereocenters. The van der Waals surface area contributed by atoms with E-state index in [4.69, 9.17) is 10.2 Å². The molecule has 5 rings (SSSR count). The van der Waals surface area contributed by atoms with E-state index in [1.165, 1.54) is 10.4 Å². The van der Waals surface area contributed by atoms with Crippen molar-refractivity contribution < 1.29 is 4.79 Å². The molecule has 5 nitrogen and oxygen atoms in total. The molecule has 7 heteroatoms. The van der Waals surface area contributed by atoms with Gasteiger partial charge in [-0.2, -0.15) is 5.26 Å². The van der Waals surface area contributed by atoms with Crippen LogP contribution in [0.25, 0.3) is 0 Å². The monoisotopic (exact) mass is 496 g/mol. The number of nitrogens with zero attached hydrogens (tertiary/aromatic N) is 3. The molecule has 0 fully saturated rings. The Morgan fingerprint density at radius 1 is 1.03 bits per heavy atom. The third kappa shape index (κ3) is 5.80. The SMILES string of the molecule is N#Cc1ccc(CSc2ccccc2C(=O)Nc2nc3c(s2)CN(Cc2ccccc2)CC3)cc1. The van der Waals surface area contributed by atoms with Crippen LogP contribution in [0.1, 0.15) is 37.6 Å². The van der Waals surface area contributed by atoms with Crippen LogP contribution in [-0.4, -0.2) is 22.3 Å². The zero-order valence-electron chi connectivity index (χ0n) is 19.1. The molecule has 2 heterocycles. The molecule has 4 aromatic rings. The number of aromatic nitrogens is 1. The lowest BCUT2D eigenvalue weighted by Gasteiger charge is -2.25. The maximum atomic E-state index is 13.1. The lowest BCUT2D eigenvalue weighted by Crippen LogP contribution is -2.29. The topological polar surface area (TPSA) is 69.0 Å². The first-order valence-corrected chi connectivity index (χ1v) is 13.3. The molecule has 174 valence electrons. The summed E-state index contributed by atoms with van der Waals surface area (Å²) in [4.78, 5) is 22.4. The van der Waals surface area contributed by atoms with Gasteiger partial charge in [-0.25, -0.2) is 4.98 Å². The number of nitriles is 1. The number of fused-ring (bicyclic) bond motifs is 1. The van der Waals surface area contributed by atoms with Gasteiger partial charge >= 0.3 is 0 Å². The number of thioether (sulfide) groups is 1. The molecule has 1 aliphatic rings. The van der Waals surface area contributed by atoms with Crippen molar-refractivity contribution in [2.45, 2.75) is 30.2 Å². The van der Waals surface area contributed by atoms with Crippen molar-refractivity contribution in [3.8, 4) is 6.07 Å². The van der Waals surface area contributed by atoms with Crippen LogP contribution in [-0.2, 0) is 25.3 Å². The molecular formula is C28H24N4OS2. The Morgan fingerprint density at radius 3 is 2.60 bits per heavy atom. The van der Waals surface area contributed by atoms with Crippen molar-refractivity contribution in [2.75, 3.05) is 11.9 Å². The third-order valence-corrected chi connectivity index (χ3v) is 8.03. The normalized spacial score (nSPS) is 13.1. The van der Waals surface area contributed by atoms with E-state index in [1.807, 2.05) is 54.6 Å². The van der Waals surface area contributed by atoms with Crippen LogP contribution in [0.15, 0.2) is 83.8 Å². The highest BCUT2D eigenvalue weighted by molar-refractivity contribution is 7.98. The number of benzene rings is 3. The highest BCUT2D eigenvalue weighted by Gasteiger charge is 2.22. The van der Waals surface area contributed by atoms with Crippen molar-refractivity contribution in [3.05, 3.63) is 112 Å². The fourth-order valence-electron chi connectivity index (χ4n) is 4.06. The Morgan fingerprint density at radius 2 is 1.80 bits per heavy atom. The molecular weight excluding hydrogens is 472 g/mol. The van der Waals surface area contributed by atoms with Gasteiger partial charge in [-0.3, -0.25) is 15.0 Å². The first kappa shape index (κ1) is 23.3. The van der Waals surface area contributed by atoms with Crippen LogP contribution in [0, 0.1) is 11.3 Å². The number of hydrogen-bond acceptors (Lipinski definition) is 6. The number of carbonyl (C=O) groups excluding carboxylic acids is 1. The van der Waals surface area contributed by atoms with Crippen LogP contribution >= 0.6 is 23.1 Å². The van der Waals surface area contributed by atoms with Crippen LogP contribution < -0.4 is 5.32 Å². The first-order chi connectivity index (χ1) is 17.2. The molecule has 3 aromatic carbocycles. The molecule has 0 saturated heterocycles. The second-order valence-corrected chi connectivity index (χ2v) is 10.5. The lowest BCUT2D eigenvalue weighted by molar-refractivity contribution is 0.102. The number of nitrogens with one attached hydrogen (secondary N) is 1. The Labute approximate surface area is 213 Å². The Hall–Kier alpha value is -3.44. The summed E-state index contributed by atoms with van der Waals surface area (Å²) in [6.45, 7) is 2.74. The molecule has 1 aliphatic heterocycles. The number of thiazole rings is 1. The number of carbonyl (C=O) groups is 1. The highest BCUT2D eigenvalue weighted by Crippen LogP contribution is 2.31. The lowest BCUT2D eigenvalue weighted by atomic mass is 10.1. The van der Waals surface area contributed by atoms with E-state index in [2.05, 4.69) is 40.6 Å². The molecule has 0 saturated carbocycles. The van der Waals surface area contributed by atoms with Gasteiger partial charge < -0.3 is 0 Å². The number of hydrogen-bond donors (Lipinski definition) is 1. The summed E-state index contributed by atoms with van der Waals surface area (Å²) >= 11 is 3.19. The Balaban J connectivity index is 1.23. The second kappa shape index (κ2) is 10.9. The second-order valence-electron chi connectivity index (χ2n) is 8.38. The molecule has 35 heavy (non-hydrogen) atoms. The minimum absolute atomic E-state index is 0.139. The molecule has 1 amide bonds. The van der Waals surface area contributed by atoms with Crippen LogP contribution in [0.3, 0.4) is 0 Å². The van der Waals surface area contributed by atoms with E-state index >= 15 is 0 Å². The van der Waals surface area contributed by atoms with E-state index in [-0.39, 0.29) is 5.91 Å². The molecule has 1 aromatic heterocycles. The maximum absolute atomic E-state index is 13.1. The number of rotatable bonds is 7. The Bertz CT molecular complexity index is 1360. The van der Waals surface area contributed by atoms with Crippen LogP contribution in [0.4, 0.5) is 5.13 Å². The summed E-state index contributed by atoms with van der Waals surface area (Å²) < 4.78 is 0. The average molecular weight is 497 g/mol. The molecule has 0 bridgehead atoms. The minimum atomic E-state index is -0.139. The molecule has 0 atom stereocenters. The molecule has 0 radical (unpaired) electrons. The summed E-state index contributed by atoms with van der Waals surface area (Å²) in [5.74, 6) is 0.582. The number of anilines is 1. The highest BCUT2D eigenvalue weighted by atomic mass is 32.2. The van der Waals surface area contributed by atoms with Crippen molar-refractivity contribution in [1.82, 2.24) is 9.88 Å². The van der Waals surface area contributed by atoms with Gasteiger partial charge in [0.1, 0.15) is 0 Å². The van der Waals surface area contributed by atoms with Crippen molar-refractivity contribution in [1.29, 1.82) is 5.26 Å². The smallest absolute Gasteiger partial charge is 0.258 e. The van der Waals surface area contributed by atoms with Crippen molar-refractivity contribution >= 4 is 34.1 Å². The standard InChI is InChI=1S/C28H24N4OS2/c29-16-20-10-12-22(13-11-20)19-34-25-9-5-4-8-23(25)27(33)31-28-30-24-14-15-32(18-26(24)35-28)17-21-6-2-1-3-7-21/h1-13H,14-15,17-19H2,(H,30,31,33). The molecule has 0 spiro atoms. The van der Waals surface area contributed by atoms with E-state index in [0.29, 0.717) is 16.3 Å². The van der Waals surface area contributed by atoms with Gasteiger partial charge in [-0.1, -0.05) is 54.6 Å². The fourth-order valence-corrected chi connectivity index (χ4v) is 6.11. The van der Waals surface area contributed by atoms with E-state index in [9.17, 15) is 4.79 Å². The predicted octanol–water partition coefficient (Wildman–Crippen LogP) is 6.12. The fraction of sp³-hybridized carbons (Fsp3) is 0.179. The number of amides is 1. The third-order valence-electron chi connectivity index (χ3n) is 5.89. The average Bonchev–Trinajstić information content (AvgIpc) is 3.30. The van der Waals surface area contributed by atoms with Crippen LogP contribution in [0.5, 0.6) is 0 Å². The van der Waals surface area contributed by atoms with E-state index < -0.39 is 0 Å². The largest absolute Gasteiger partial charge is 0.298 e. The Kier molecular flexibility index (Phi) is 7.24. The summed E-state index contributed by atoms with van der Waals surface area (Å²) in [5, 5.41) is 12.7. The predicted molar refractivity (Wildman–Crippen MR) is 141 cm³/mol. The van der Waals surface area contributed by atoms with Gasteiger partial charge in [0.2, 0.25) is 0 Å². The zero-order valence-corrected chi connectivity index (χ0v) is 20.7. The zero-order chi connectivity index (χ0) is 24.0. The maximum Gasteiger partial charge on any atom is 0.258 e. The summed E-state index contributed by atoms with van der Waals surface area (Å²) in [7, 11) is 0. The minimum Gasteiger partial charge on any atom is -0.298 e. The van der Waals surface area contributed by atoms with E-state index in [0.717, 1.165) is 48.0 Å². The summed E-state index contributed by atoms with van der Waals surface area (Å²) in [6.07, 6.45) is 0.894. The van der Waals surface area contributed by atoms with E-state index in [1.54, 1.807) is 23.1 Å². The quantitative estimate of drug-likeness (QED) is 0.312. The molecule has 1 N–H and O–H groups in total. The summed E-state index contributed by atoms with van der Waals surface area (Å²) in [6, 6.07) is 27.8. The first-order valence-electron chi connectivity index (χ1n) is 11.4. The van der Waals surface area contributed by atoms with Gasteiger partial charge in [0.05, 0.1) is 22.9 Å². The van der Waals surface area contributed by atoms with Gasteiger partial charge in [-0.05, 0) is 35.4 Å². The molecule has 0 aliphatic carbocycles. The van der Waals surface area contributed by atoms with Gasteiger partial charge in [0.15, 0.2) is 5.13 Å². The van der Waals surface area contributed by atoms with Gasteiger partial charge in [0.25, 0.3) is 5.91 Å². The van der Waals surface area contributed by atoms with Crippen LogP contribution in [0.2, 0.25) is 0 Å². The van der Waals surface area contributed by atoms with Crippen molar-refractivity contribution in [2.24, 2.45) is 0 Å². The van der Waals surface area contributed by atoms with Gasteiger partial charge in [-0.15, -0.1) is 23.1 Å². The van der Waals surface area contributed by atoms with Crippen molar-refractivity contribution in [3.63, 3.8) is 0 Å². The summed E-state index contributed by atoms with van der Waals surface area (Å²) in [5.41, 5.74) is 4.80. The van der Waals surface area contributed by atoms with Gasteiger partial charge in [0, 0.05) is 41.6 Å².